The number of pyridine rings is 1. The molecule has 118 valence electrons. The molecule has 0 aliphatic carbocycles. The van der Waals surface area contributed by atoms with Gasteiger partial charge in [-0.1, -0.05) is 17.3 Å². The van der Waals surface area contributed by atoms with Gasteiger partial charge in [0, 0.05) is 17.8 Å². The fourth-order valence-electron chi connectivity index (χ4n) is 2.54. The summed E-state index contributed by atoms with van der Waals surface area (Å²) < 4.78 is 11.1. The first-order valence-corrected chi connectivity index (χ1v) is 7.21. The lowest BCUT2D eigenvalue weighted by molar-refractivity contribution is 0.100. The lowest BCUT2D eigenvalue weighted by atomic mass is 10.0. The summed E-state index contributed by atoms with van der Waals surface area (Å²) in [6.07, 6.45) is 3.26. The van der Waals surface area contributed by atoms with Crippen molar-refractivity contribution in [1.29, 1.82) is 0 Å². The molecule has 7 heteroatoms. The second kappa shape index (κ2) is 5.31. The van der Waals surface area contributed by atoms with E-state index in [-0.39, 0.29) is 0 Å². The average Bonchev–Trinajstić information content (AvgIpc) is 3.18. The molecule has 1 amide bonds. The van der Waals surface area contributed by atoms with Crippen molar-refractivity contribution in [2.75, 3.05) is 0 Å². The second-order valence-electron chi connectivity index (χ2n) is 5.27. The number of aryl methyl sites for hydroxylation is 1. The first kappa shape index (κ1) is 14.1. The van der Waals surface area contributed by atoms with E-state index in [1.165, 1.54) is 0 Å². The molecule has 1 aromatic carbocycles. The number of carbonyl (C=O) groups is 1. The predicted molar refractivity (Wildman–Crippen MR) is 86.0 cm³/mol. The highest BCUT2D eigenvalue weighted by atomic mass is 16.5. The molecule has 0 unspecified atom stereocenters. The number of amides is 1. The molecule has 3 aromatic heterocycles. The van der Waals surface area contributed by atoms with Gasteiger partial charge in [-0.15, -0.1) is 0 Å². The number of nitrogens with two attached hydrogens (primary N) is 1. The third-order valence-electron chi connectivity index (χ3n) is 3.71. The van der Waals surface area contributed by atoms with Crippen molar-refractivity contribution < 1.29 is 13.7 Å². The third kappa shape index (κ3) is 2.23. The molecule has 0 radical (unpaired) electrons. The number of carbonyl (C=O) groups excluding carboxylic acids is 1. The van der Waals surface area contributed by atoms with Gasteiger partial charge in [-0.05, 0) is 24.6 Å². The first-order valence-electron chi connectivity index (χ1n) is 7.21. The Labute approximate surface area is 136 Å². The van der Waals surface area contributed by atoms with Crippen LogP contribution in [0.1, 0.15) is 16.1 Å². The van der Waals surface area contributed by atoms with Crippen LogP contribution in [0.15, 0.2) is 51.7 Å². The fourth-order valence-corrected chi connectivity index (χ4v) is 2.54. The summed E-state index contributed by atoms with van der Waals surface area (Å²) in [5.41, 5.74) is 9.05. The van der Waals surface area contributed by atoms with Crippen LogP contribution in [0.5, 0.6) is 0 Å². The molecular weight excluding hydrogens is 308 g/mol. The van der Waals surface area contributed by atoms with Gasteiger partial charge in [0.05, 0.1) is 11.8 Å². The lowest BCUT2D eigenvalue weighted by Gasteiger charge is -2.02. The number of nitrogens with zero attached hydrogens (tertiary/aromatic N) is 3. The minimum absolute atomic E-state index is 0.351. The molecule has 0 fully saturated rings. The Balaban J connectivity index is 1.85. The summed E-state index contributed by atoms with van der Waals surface area (Å²) in [5.74, 6) is 0.497. The number of aromatic nitrogens is 3. The maximum absolute atomic E-state index is 11.2. The molecule has 2 N–H and O–H groups in total. The van der Waals surface area contributed by atoms with Crippen LogP contribution in [0.2, 0.25) is 0 Å². The minimum atomic E-state index is -0.477. The van der Waals surface area contributed by atoms with Gasteiger partial charge in [0.1, 0.15) is 11.3 Å². The molecule has 0 aliphatic heterocycles. The highest BCUT2D eigenvalue weighted by molar-refractivity contribution is 5.93. The fraction of sp³-hybridized carbons (Fsp3) is 0.0588. The molecule has 4 aromatic rings. The summed E-state index contributed by atoms with van der Waals surface area (Å²) in [5, 5.41) is 4.07. The van der Waals surface area contributed by atoms with Crippen LogP contribution in [-0.4, -0.2) is 21.0 Å². The maximum atomic E-state index is 11.2. The van der Waals surface area contributed by atoms with E-state index in [9.17, 15) is 4.79 Å². The molecule has 0 saturated heterocycles. The van der Waals surface area contributed by atoms with E-state index in [2.05, 4.69) is 15.1 Å². The van der Waals surface area contributed by atoms with E-state index in [1.54, 1.807) is 49.6 Å². The smallest absolute Gasteiger partial charge is 0.250 e. The first-order chi connectivity index (χ1) is 11.6. The van der Waals surface area contributed by atoms with Crippen molar-refractivity contribution in [3.05, 3.63) is 54.0 Å². The number of hydrogen-bond acceptors (Lipinski definition) is 6. The quantitative estimate of drug-likeness (QED) is 0.621. The van der Waals surface area contributed by atoms with Gasteiger partial charge < -0.3 is 14.7 Å². The van der Waals surface area contributed by atoms with Crippen molar-refractivity contribution in [3.8, 4) is 22.7 Å². The topological polar surface area (TPSA) is 108 Å². The Morgan fingerprint density at radius 2 is 1.96 bits per heavy atom. The Morgan fingerprint density at radius 1 is 1.17 bits per heavy atom. The molecular formula is C17H12N4O3. The van der Waals surface area contributed by atoms with Crippen LogP contribution in [0, 0.1) is 6.92 Å². The number of rotatable bonds is 3. The largest absolute Gasteiger partial charge is 0.434 e. The number of fused-ring (bicyclic) bond motifs is 1. The molecule has 24 heavy (non-hydrogen) atoms. The second-order valence-corrected chi connectivity index (χ2v) is 5.27. The minimum Gasteiger partial charge on any atom is -0.434 e. The van der Waals surface area contributed by atoms with E-state index in [1.807, 2.05) is 0 Å². The molecule has 0 atom stereocenters. The summed E-state index contributed by atoms with van der Waals surface area (Å²) in [6, 6.07) is 8.62. The zero-order chi connectivity index (χ0) is 16.7. The van der Waals surface area contributed by atoms with Crippen molar-refractivity contribution in [2.24, 2.45) is 5.73 Å². The Kier molecular flexibility index (Phi) is 3.13. The summed E-state index contributed by atoms with van der Waals surface area (Å²) >= 11 is 0. The molecule has 0 spiro atoms. The Morgan fingerprint density at radius 3 is 2.67 bits per heavy atom. The highest BCUT2D eigenvalue weighted by Gasteiger charge is 2.21. The Bertz CT molecular complexity index is 1010. The van der Waals surface area contributed by atoms with E-state index < -0.39 is 5.91 Å². The van der Waals surface area contributed by atoms with Gasteiger partial charge in [0.2, 0.25) is 5.91 Å². The van der Waals surface area contributed by atoms with Crippen molar-refractivity contribution >= 4 is 17.0 Å². The van der Waals surface area contributed by atoms with E-state index in [4.69, 9.17) is 14.7 Å². The normalized spacial score (nSPS) is 11.0. The van der Waals surface area contributed by atoms with Gasteiger partial charge in [-0.2, -0.15) is 0 Å². The predicted octanol–water partition coefficient (Wildman–Crippen LogP) is 2.95. The zero-order valence-electron chi connectivity index (χ0n) is 12.7. The highest BCUT2D eigenvalue weighted by Crippen LogP contribution is 2.35. The maximum Gasteiger partial charge on any atom is 0.250 e. The van der Waals surface area contributed by atoms with Gasteiger partial charge in [-0.3, -0.25) is 9.78 Å². The van der Waals surface area contributed by atoms with Crippen molar-refractivity contribution in [2.45, 2.75) is 6.92 Å². The summed E-state index contributed by atoms with van der Waals surface area (Å²) in [4.78, 5) is 19.6. The van der Waals surface area contributed by atoms with Crippen molar-refractivity contribution in [1.82, 2.24) is 15.1 Å². The van der Waals surface area contributed by atoms with Crippen LogP contribution in [0.25, 0.3) is 33.8 Å². The van der Waals surface area contributed by atoms with E-state index >= 15 is 0 Å². The van der Waals surface area contributed by atoms with Crippen LogP contribution >= 0.6 is 0 Å². The SMILES string of the molecule is Cc1onc(-c2nc3cnccc3o2)c1-c1ccc(C(N)=O)cc1. The number of primary amides is 1. The zero-order valence-corrected chi connectivity index (χ0v) is 12.7. The van der Waals surface area contributed by atoms with Crippen molar-refractivity contribution in [3.63, 3.8) is 0 Å². The molecule has 4 rings (SSSR count). The average molecular weight is 320 g/mol. The molecule has 0 aliphatic rings. The third-order valence-corrected chi connectivity index (χ3v) is 3.71. The molecule has 0 bridgehead atoms. The summed E-state index contributed by atoms with van der Waals surface area (Å²) in [6.45, 7) is 1.80. The van der Waals surface area contributed by atoms with Crippen LogP contribution in [0.4, 0.5) is 0 Å². The standard InChI is InChI=1S/C17H12N4O3/c1-9-14(10-2-4-11(5-3-10)16(18)22)15(21-24-9)17-20-12-8-19-7-6-13(12)23-17/h2-8H,1H3,(H2,18,22). The van der Waals surface area contributed by atoms with Gasteiger partial charge >= 0.3 is 0 Å². The van der Waals surface area contributed by atoms with E-state index in [0.29, 0.717) is 34.0 Å². The summed E-state index contributed by atoms with van der Waals surface area (Å²) in [7, 11) is 0. The lowest BCUT2D eigenvalue weighted by Crippen LogP contribution is -2.10. The van der Waals surface area contributed by atoms with Crippen LogP contribution in [0.3, 0.4) is 0 Å². The molecule has 7 nitrogen and oxygen atoms in total. The monoisotopic (exact) mass is 320 g/mol. The van der Waals surface area contributed by atoms with E-state index in [0.717, 1.165) is 11.1 Å². The number of oxazole rings is 1. The molecule has 3 heterocycles. The molecule has 0 saturated carbocycles. The van der Waals surface area contributed by atoms with Crippen LogP contribution < -0.4 is 5.73 Å². The number of benzene rings is 1. The van der Waals surface area contributed by atoms with Crippen LogP contribution in [-0.2, 0) is 0 Å². The number of hydrogen-bond donors (Lipinski definition) is 1. The Hall–Kier alpha value is -3.48. The van der Waals surface area contributed by atoms with Gasteiger partial charge in [-0.25, -0.2) is 4.98 Å². The van der Waals surface area contributed by atoms with Gasteiger partial charge in [0.15, 0.2) is 11.3 Å². The van der Waals surface area contributed by atoms with Gasteiger partial charge in [0.25, 0.3) is 5.89 Å².